The predicted octanol–water partition coefficient (Wildman–Crippen LogP) is 5.28. The van der Waals surface area contributed by atoms with Crippen molar-refractivity contribution in [1.29, 1.82) is 5.26 Å². The summed E-state index contributed by atoms with van der Waals surface area (Å²) >= 11 is 0. The maximum atomic E-state index is 13.8. The maximum Gasteiger partial charge on any atom is 0.322 e. The molecule has 0 aromatic heterocycles. The normalized spacial score (nSPS) is 15.9. The van der Waals surface area contributed by atoms with Crippen LogP contribution in [0.4, 0.5) is 20.6 Å². The number of anilines is 2. The fourth-order valence-corrected chi connectivity index (χ4v) is 4.15. The van der Waals surface area contributed by atoms with Crippen LogP contribution in [0.5, 0.6) is 0 Å². The second-order valence-corrected chi connectivity index (χ2v) is 8.43. The molecule has 0 spiro atoms. The second-order valence-electron chi connectivity index (χ2n) is 8.43. The standard InChI is InChI=1S/C27H27FN6O/c1-19-8-6-7-11-23(19)31-26(30-18-29)33-14-15-34(25(17-33)21-9-4-3-5-10-21)27(35)32-24-16-22(28)13-12-20(24)2/h3-13,16,25H,14-15,17H2,1-2H3,(H,30,31)(H,32,35). The monoisotopic (exact) mass is 470 g/mol. The highest BCUT2D eigenvalue weighted by atomic mass is 19.1. The van der Waals surface area contributed by atoms with Crippen molar-refractivity contribution in [3.63, 3.8) is 0 Å². The van der Waals surface area contributed by atoms with Crippen molar-refractivity contribution in [2.45, 2.75) is 19.9 Å². The summed E-state index contributed by atoms with van der Waals surface area (Å²) in [6, 6.07) is 21.2. The summed E-state index contributed by atoms with van der Waals surface area (Å²) in [4.78, 5) is 21.1. The van der Waals surface area contributed by atoms with E-state index in [-0.39, 0.29) is 12.1 Å². The zero-order valence-electron chi connectivity index (χ0n) is 19.7. The number of halogens is 1. The minimum absolute atomic E-state index is 0.304. The van der Waals surface area contributed by atoms with Gasteiger partial charge in [-0.2, -0.15) is 5.26 Å². The zero-order chi connectivity index (χ0) is 24.8. The smallest absolute Gasteiger partial charge is 0.322 e. The fourth-order valence-electron chi connectivity index (χ4n) is 4.15. The lowest BCUT2D eigenvalue weighted by atomic mass is 10.0. The fraction of sp³-hybridized carbons (Fsp3) is 0.222. The number of para-hydroxylation sites is 1. The molecule has 1 saturated heterocycles. The minimum Gasteiger partial charge on any atom is -0.338 e. The van der Waals surface area contributed by atoms with E-state index in [2.05, 4.69) is 15.6 Å². The van der Waals surface area contributed by atoms with E-state index in [9.17, 15) is 14.4 Å². The Morgan fingerprint density at radius 1 is 0.971 bits per heavy atom. The van der Waals surface area contributed by atoms with E-state index in [4.69, 9.17) is 0 Å². The van der Waals surface area contributed by atoms with Gasteiger partial charge in [-0.3, -0.25) is 0 Å². The number of piperazine rings is 1. The van der Waals surface area contributed by atoms with Gasteiger partial charge in [0.25, 0.3) is 0 Å². The van der Waals surface area contributed by atoms with Gasteiger partial charge in [-0.05, 0) is 48.7 Å². The van der Waals surface area contributed by atoms with Gasteiger partial charge in [0.05, 0.1) is 6.04 Å². The molecule has 0 radical (unpaired) electrons. The SMILES string of the molecule is Cc1ccc(F)cc1NC(=O)N1CCN(/C(=N\C#N)Nc2ccccc2C)CC1c1ccccc1. The van der Waals surface area contributed by atoms with Crippen LogP contribution in [0, 0.1) is 31.1 Å². The van der Waals surface area contributed by atoms with Gasteiger partial charge in [0, 0.05) is 31.0 Å². The van der Waals surface area contributed by atoms with Gasteiger partial charge in [0.15, 0.2) is 0 Å². The van der Waals surface area contributed by atoms with Crippen LogP contribution in [-0.2, 0) is 0 Å². The van der Waals surface area contributed by atoms with Gasteiger partial charge < -0.3 is 20.4 Å². The van der Waals surface area contributed by atoms with Crippen molar-refractivity contribution in [3.05, 3.63) is 95.3 Å². The molecule has 1 aliphatic rings. The topological polar surface area (TPSA) is 83.8 Å². The predicted molar refractivity (Wildman–Crippen MR) is 135 cm³/mol. The number of amides is 2. The first kappa shape index (κ1) is 23.8. The van der Waals surface area contributed by atoms with E-state index >= 15 is 0 Å². The van der Waals surface area contributed by atoms with Gasteiger partial charge in [0.1, 0.15) is 5.82 Å². The van der Waals surface area contributed by atoms with Crippen molar-refractivity contribution in [1.82, 2.24) is 9.80 Å². The van der Waals surface area contributed by atoms with Crippen LogP contribution in [0.15, 0.2) is 77.8 Å². The summed E-state index contributed by atoms with van der Waals surface area (Å²) in [6.07, 6.45) is 1.89. The molecule has 0 bridgehead atoms. The summed E-state index contributed by atoms with van der Waals surface area (Å²) in [6.45, 7) is 5.09. The second kappa shape index (κ2) is 10.7. The van der Waals surface area contributed by atoms with Gasteiger partial charge in [-0.15, -0.1) is 4.99 Å². The quantitative estimate of drug-likeness (QED) is 0.310. The zero-order valence-corrected chi connectivity index (χ0v) is 19.7. The van der Waals surface area contributed by atoms with Crippen LogP contribution in [0.1, 0.15) is 22.7 Å². The molecule has 0 saturated carbocycles. The van der Waals surface area contributed by atoms with E-state index in [1.54, 1.807) is 11.0 Å². The third-order valence-corrected chi connectivity index (χ3v) is 6.11. The van der Waals surface area contributed by atoms with Crippen LogP contribution >= 0.6 is 0 Å². The molecule has 7 nitrogen and oxygen atoms in total. The molecule has 1 aliphatic heterocycles. The molecule has 3 aromatic rings. The molecule has 1 heterocycles. The van der Waals surface area contributed by atoms with Crippen molar-refractivity contribution < 1.29 is 9.18 Å². The first-order valence-electron chi connectivity index (χ1n) is 11.4. The van der Waals surface area contributed by atoms with E-state index in [1.165, 1.54) is 12.1 Å². The molecule has 0 aliphatic carbocycles. The number of nitrogens with one attached hydrogen (secondary N) is 2. The number of carbonyl (C=O) groups excluding carboxylic acids is 1. The molecule has 35 heavy (non-hydrogen) atoms. The van der Waals surface area contributed by atoms with Crippen LogP contribution in [-0.4, -0.2) is 41.4 Å². The van der Waals surface area contributed by atoms with Crippen molar-refractivity contribution in [3.8, 4) is 6.19 Å². The lowest BCUT2D eigenvalue weighted by Crippen LogP contribution is -2.54. The molecule has 1 fully saturated rings. The number of rotatable bonds is 3. The van der Waals surface area contributed by atoms with Gasteiger partial charge >= 0.3 is 6.03 Å². The van der Waals surface area contributed by atoms with Crippen LogP contribution in [0.25, 0.3) is 0 Å². The van der Waals surface area contributed by atoms with Gasteiger partial charge in [-0.1, -0.05) is 54.6 Å². The molecular formula is C27H27FN6O. The largest absolute Gasteiger partial charge is 0.338 e. The Balaban J connectivity index is 1.60. The minimum atomic E-state index is -0.407. The van der Waals surface area contributed by atoms with E-state index in [1.807, 2.05) is 79.5 Å². The average Bonchev–Trinajstić information content (AvgIpc) is 2.87. The molecule has 1 atom stereocenters. The Bertz CT molecular complexity index is 1270. The van der Waals surface area contributed by atoms with E-state index < -0.39 is 5.82 Å². The molecule has 178 valence electrons. The van der Waals surface area contributed by atoms with Crippen molar-refractivity contribution in [2.24, 2.45) is 4.99 Å². The summed E-state index contributed by atoms with van der Waals surface area (Å²) in [5, 5.41) is 15.5. The Morgan fingerprint density at radius 3 is 2.43 bits per heavy atom. The van der Waals surface area contributed by atoms with Crippen LogP contribution in [0.3, 0.4) is 0 Å². The first-order valence-corrected chi connectivity index (χ1v) is 11.4. The molecule has 3 aromatic carbocycles. The third-order valence-electron chi connectivity index (χ3n) is 6.11. The third kappa shape index (κ3) is 5.58. The van der Waals surface area contributed by atoms with Crippen molar-refractivity contribution >= 4 is 23.4 Å². The molecule has 4 rings (SSSR count). The summed E-state index contributed by atoms with van der Waals surface area (Å²) in [7, 11) is 0. The Labute approximate surface area is 204 Å². The summed E-state index contributed by atoms with van der Waals surface area (Å²) in [5.41, 5.74) is 4.06. The Morgan fingerprint density at radius 2 is 1.69 bits per heavy atom. The summed E-state index contributed by atoms with van der Waals surface area (Å²) in [5.74, 6) is 0.0266. The highest BCUT2D eigenvalue weighted by molar-refractivity contribution is 5.95. The van der Waals surface area contributed by atoms with Crippen LogP contribution in [0.2, 0.25) is 0 Å². The number of hydrogen-bond donors (Lipinski definition) is 2. The van der Waals surface area contributed by atoms with Crippen molar-refractivity contribution in [2.75, 3.05) is 30.3 Å². The molecule has 1 unspecified atom stereocenters. The molecule has 2 N–H and O–H groups in total. The number of urea groups is 1. The lowest BCUT2D eigenvalue weighted by molar-refractivity contribution is 0.136. The number of nitrogens with zero attached hydrogens (tertiary/aromatic N) is 4. The Kier molecular flexibility index (Phi) is 7.27. The average molecular weight is 471 g/mol. The van der Waals surface area contributed by atoms with E-state index in [0.29, 0.717) is 31.3 Å². The molecular weight excluding hydrogens is 443 g/mol. The van der Waals surface area contributed by atoms with E-state index in [0.717, 1.165) is 22.4 Å². The number of nitriles is 1. The number of carbonyl (C=O) groups is 1. The highest BCUT2D eigenvalue weighted by Crippen LogP contribution is 2.28. The number of hydrogen-bond acceptors (Lipinski definition) is 3. The Hall–Kier alpha value is -4.38. The molecule has 2 amide bonds. The summed E-state index contributed by atoms with van der Waals surface area (Å²) < 4.78 is 13.8. The van der Waals surface area contributed by atoms with Gasteiger partial charge in [0.2, 0.25) is 12.2 Å². The number of aryl methyl sites for hydroxylation is 2. The van der Waals surface area contributed by atoms with Crippen LogP contribution < -0.4 is 10.6 Å². The maximum absolute atomic E-state index is 13.8. The molecule has 8 heteroatoms. The number of aliphatic imine (C=N–C) groups is 1. The number of guanidine groups is 1. The highest BCUT2D eigenvalue weighted by Gasteiger charge is 2.33. The number of benzene rings is 3. The lowest BCUT2D eigenvalue weighted by Gasteiger charge is -2.42. The first-order chi connectivity index (χ1) is 17.0. The van der Waals surface area contributed by atoms with Gasteiger partial charge in [-0.25, -0.2) is 9.18 Å².